The SMILES string of the molecule is CC(C)c1nc(S(=O)(=O)NCC2(O)Cc3ccccc3C2)cn1C. The smallest absolute Gasteiger partial charge is 0.259 e. The van der Waals surface area contributed by atoms with E-state index in [2.05, 4.69) is 9.71 Å². The van der Waals surface area contributed by atoms with Crippen LogP contribution in [0, 0.1) is 0 Å². The van der Waals surface area contributed by atoms with Gasteiger partial charge in [0.15, 0.2) is 5.03 Å². The second kappa shape index (κ2) is 5.98. The molecule has 1 aromatic heterocycles. The average Bonchev–Trinajstić information content (AvgIpc) is 3.06. The van der Waals surface area contributed by atoms with Crippen LogP contribution in [0.4, 0.5) is 0 Å². The van der Waals surface area contributed by atoms with Crippen LogP contribution in [-0.4, -0.2) is 35.2 Å². The van der Waals surface area contributed by atoms with Gasteiger partial charge in [0.1, 0.15) is 5.82 Å². The van der Waals surface area contributed by atoms with Crippen molar-refractivity contribution in [1.29, 1.82) is 0 Å². The van der Waals surface area contributed by atoms with Gasteiger partial charge in [-0.25, -0.2) is 18.1 Å². The minimum Gasteiger partial charge on any atom is -0.388 e. The number of aliphatic hydroxyl groups is 1. The molecule has 24 heavy (non-hydrogen) atoms. The van der Waals surface area contributed by atoms with Crippen molar-refractivity contribution in [2.24, 2.45) is 7.05 Å². The summed E-state index contributed by atoms with van der Waals surface area (Å²) in [5.41, 5.74) is 1.05. The van der Waals surface area contributed by atoms with Gasteiger partial charge in [0, 0.05) is 38.5 Å². The number of nitrogens with one attached hydrogen (secondary N) is 1. The summed E-state index contributed by atoms with van der Waals surface area (Å²) in [6.45, 7) is 3.90. The predicted molar refractivity (Wildman–Crippen MR) is 91.3 cm³/mol. The summed E-state index contributed by atoms with van der Waals surface area (Å²) in [7, 11) is -1.97. The highest BCUT2D eigenvalue weighted by Gasteiger charge is 2.36. The first-order valence-corrected chi connectivity index (χ1v) is 9.51. The van der Waals surface area contributed by atoms with E-state index >= 15 is 0 Å². The maximum Gasteiger partial charge on any atom is 0.259 e. The summed E-state index contributed by atoms with van der Waals surface area (Å²) in [5.74, 6) is 0.842. The second-order valence-corrected chi connectivity index (χ2v) is 8.59. The lowest BCUT2D eigenvalue weighted by Crippen LogP contribution is -2.43. The number of benzene rings is 1. The first kappa shape index (κ1) is 17.1. The van der Waals surface area contributed by atoms with Gasteiger partial charge in [-0.2, -0.15) is 0 Å². The molecule has 6 nitrogen and oxygen atoms in total. The number of nitrogens with zero attached hydrogens (tertiary/aromatic N) is 2. The van der Waals surface area contributed by atoms with E-state index < -0.39 is 15.6 Å². The molecule has 2 aromatic rings. The van der Waals surface area contributed by atoms with Crippen molar-refractivity contribution >= 4 is 10.0 Å². The standard InChI is InChI=1S/C17H23N3O3S/c1-12(2)16-19-15(10-20(16)3)24(22,23)18-11-17(21)8-13-6-4-5-7-14(13)9-17/h4-7,10,12,18,21H,8-9,11H2,1-3H3. The Balaban J connectivity index is 1.73. The lowest BCUT2D eigenvalue weighted by Gasteiger charge is -2.22. The van der Waals surface area contributed by atoms with Crippen LogP contribution in [0.15, 0.2) is 35.5 Å². The zero-order valence-corrected chi connectivity index (χ0v) is 15.0. The van der Waals surface area contributed by atoms with E-state index in [1.165, 1.54) is 6.20 Å². The zero-order chi connectivity index (χ0) is 17.5. The Morgan fingerprint density at radius 3 is 2.38 bits per heavy atom. The van der Waals surface area contributed by atoms with E-state index in [-0.39, 0.29) is 17.5 Å². The molecule has 0 aliphatic heterocycles. The number of hydrogen-bond acceptors (Lipinski definition) is 4. The van der Waals surface area contributed by atoms with E-state index in [9.17, 15) is 13.5 Å². The Kier molecular flexibility index (Phi) is 4.27. The van der Waals surface area contributed by atoms with Gasteiger partial charge in [0.2, 0.25) is 0 Å². The Hall–Kier alpha value is -1.70. The molecule has 0 saturated heterocycles. The van der Waals surface area contributed by atoms with E-state index in [0.717, 1.165) is 11.1 Å². The fourth-order valence-corrected chi connectivity index (χ4v) is 4.34. The van der Waals surface area contributed by atoms with Crippen LogP contribution in [0.2, 0.25) is 0 Å². The van der Waals surface area contributed by atoms with Crippen LogP contribution in [0.25, 0.3) is 0 Å². The Morgan fingerprint density at radius 2 is 1.88 bits per heavy atom. The highest BCUT2D eigenvalue weighted by Crippen LogP contribution is 2.29. The molecule has 130 valence electrons. The molecule has 0 amide bonds. The van der Waals surface area contributed by atoms with E-state index in [4.69, 9.17) is 0 Å². The molecular weight excluding hydrogens is 326 g/mol. The van der Waals surface area contributed by atoms with Crippen LogP contribution < -0.4 is 4.72 Å². The van der Waals surface area contributed by atoms with Crippen LogP contribution in [0.5, 0.6) is 0 Å². The molecular formula is C17H23N3O3S. The highest BCUT2D eigenvalue weighted by atomic mass is 32.2. The number of aryl methyl sites for hydroxylation is 1. The number of hydrogen-bond donors (Lipinski definition) is 2. The summed E-state index contributed by atoms with van der Waals surface area (Å²) in [5, 5.41) is 10.7. The van der Waals surface area contributed by atoms with Crippen molar-refractivity contribution in [3.63, 3.8) is 0 Å². The van der Waals surface area contributed by atoms with Gasteiger partial charge in [0.25, 0.3) is 10.0 Å². The molecule has 3 rings (SSSR count). The largest absolute Gasteiger partial charge is 0.388 e. The fourth-order valence-electron chi connectivity index (χ4n) is 3.22. The summed E-state index contributed by atoms with van der Waals surface area (Å²) in [6, 6.07) is 7.79. The van der Waals surface area contributed by atoms with E-state index in [1.807, 2.05) is 38.1 Å². The Morgan fingerprint density at radius 1 is 1.29 bits per heavy atom. The fraction of sp³-hybridized carbons (Fsp3) is 0.471. The summed E-state index contributed by atoms with van der Waals surface area (Å²) in [4.78, 5) is 4.22. The first-order chi connectivity index (χ1) is 11.2. The van der Waals surface area contributed by atoms with Gasteiger partial charge in [-0.15, -0.1) is 0 Å². The molecule has 0 atom stereocenters. The van der Waals surface area contributed by atoms with Crippen LogP contribution in [-0.2, 0) is 29.9 Å². The van der Waals surface area contributed by atoms with Crippen molar-refractivity contribution in [1.82, 2.24) is 14.3 Å². The third-order valence-electron chi connectivity index (χ3n) is 4.43. The molecule has 1 aliphatic carbocycles. The monoisotopic (exact) mass is 349 g/mol. The number of sulfonamides is 1. The van der Waals surface area contributed by atoms with Crippen LogP contribution in [0.1, 0.15) is 36.7 Å². The third-order valence-corrected chi connectivity index (χ3v) is 5.70. The van der Waals surface area contributed by atoms with Gasteiger partial charge in [-0.05, 0) is 11.1 Å². The van der Waals surface area contributed by atoms with Crippen LogP contribution in [0.3, 0.4) is 0 Å². The highest BCUT2D eigenvalue weighted by molar-refractivity contribution is 7.89. The maximum atomic E-state index is 12.5. The minimum atomic E-state index is -3.75. The molecule has 7 heteroatoms. The maximum absolute atomic E-state index is 12.5. The molecule has 0 bridgehead atoms. The molecule has 0 spiro atoms. The van der Waals surface area contributed by atoms with Gasteiger partial charge < -0.3 is 9.67 Å². The normalized spacial score (nSPS) is 16.5. The van der Waals surface area contributed by atoms with Gasteiger partial charge in [-0.3, -0.25) is 0 Å². The zero-order valence-electron chi connectivity index (χ0n) is 14.2. The van der Waals surface area contributed by atoms with E-state index in [1.54, 1.807) is 11.6 Å². The molecule has 0 radical (unpaired) electrons. The molecule has 0 unspecified atom stereocenters. The number of imidazole rings is 1. The number of aromatic nitrogens is 2. The third kappa shape index (κ3) is 3.24. The quantitative estimate of drug-likeness (QED) is 0.853. The molecule has 1 aromatic carbocycles. The predicted octanol–water partition coefficient (Wildman–Crippen LogP) is 1.35. The topological polar surface area (TPSA) is 84.2 Å². The van der Waals surface area contributed by atoms with Crippen molar-refractivity contribution in [2.75, 3.05) is 6.54 Å². The molecule has 1 aliphatic rings. The molecule has 1 heterocycles. The molecule has 0 fully saturated rings. The van der Waals surface area contributed by atoms with Gasteiger partial charge >= 0.3 is 0 Å². The van der Waals surface area contributed by atoms with Crippen LogP contribution >= 0.6 is 0 Å². The Bertz CT molecular complexity index is 831. The lowest BCUT2D eigenvalue weighted by molar-refractivity contribution is 0.0567. The minimum absolute atomic E-state index is 0.00666. The van der Waals surface area contributed by atoms with Gasteiger partial charge in [-0.1, -0.05) is 38.1 Å². The van der Waals surface area contributed by atoms with Crippen molar-refractivity contribution < 1.29 is 13.5 Å². The summed E-state index contributed by atoms with van der Waals surface area (Å²) >= 11 is 0. The Labute approximate surface area is 142 Å². The first-order valence-electron chi connectivity index (χ1n) is 8.02. The second-order valence-electron chi connectivity index (χ2n) is 6.87. The van der Waals surface area contributed by atoms with Crippen molar-refractivity contribution in [3.8, 4) is 0 Å². The average molecular weight is 349 g/mol. The number of rotatable bonds is 5. The van der Waals surface area contributed by atoms with Gasteiger partial charge in [0.05, 0.1) is 5.60 Å². The number of fused-ring (bicyclic) bond motifs is 1. The molecule has 2 N–H and O–H groups in total. The van der Waals surface area contributed by atoms with Crippen molar-refractivity contribution in [2.45, 2.75) is 43.2 Å². The lowest BCUT2D eigenvalue weighted by atomic mass is 10.0. The van der Waals surface area contributed by atoms with Crippen molar-refractivity contribution in [3.05, 3.63) is 47.4 Å². The van der Waals surface area contributed by atoms with E-state index in [0.29, 0.717) is 18.7 Å². The molecule has 0 saturated carbocycles. The summed E-state index contributed by atoms with van der Waals surface area (Å²) < 4.78 is 29.2. The summed E-state index contributed by atoms with van der Waals surface area (Å²) in [6.07, 6.45) is 2.40.